The summed E-state index contributed by atoms with van der Waals surface area (Å²) in [5.41, 5.74) is 6.04. The summed E-state index contributed by atoms with van der Waals surface area (Å²) in [7, 11) is 0. The number of esters is 1. The third-order valence-electron chi connectivity index (χ3n) is 3.41. The van der Waals surface area contributed by atoms with Gasteiger partial charge in [-0.1, -0.05) is 6.92 Å². The molecule has 0 spiro atoms. The summed E-state index contributed by atoms with van der Waals surface area (Å²) in [5, 5.41) is 4.93. The molecule has 0 saturated carbocycles. The average molecular weight is 359 g/mol. The molecule has 26 heavy (non-hydrogen) atoms. The van der Waals surface area contributed by atoms with Gasteiger partial charge in [-0.05, 0) is 55.0 Å². The van der Waals surface area contributed by atoms with Crippen molar-refractivity contribution < 1.29 is 23.5 Å². The van der Waals surface area contributed by atoms with Crippen molar-refractivity contribution in [2.75, 3.05) is 10.6 Å². The number of rotatable bonds is 6. The van der Waals surface area contributed by atoms with E-state index in [0.29, 0.717) is 11.4 Å². The second-order valence-corrected chi connectivity index (χ2v) is 5.36. The molecule has 0 unspecified atom stereocenters. The summed E-state index contributed by atoms with van der Waals surface area (Å²) < 4.78 is 18.1. The number of urea groups is 1. The molecular weight excluding hydrogens is 341 g/mol. The van der Waals surface area contributed by atoms with Gasteiger partial charge >= 0.3 is 12.0 Å². The number of hydrogen-bond donors (Lipinski definition) is 3. The molecule has 0 bridgehead atoms. The minimum Gasteiger partial charge on any atom is -0.449 e. The first kappa shape index (κ1) is 18.9. The van der Waals surface area contributed by atoms with Crippen molar-refractivity contribution in [1.29, 1.82) is 0 Å². The lowest BCUT2D eigenvalue weighted by Crippen LogP contribution is -2.32. The lowest BCUT2D eigenvalue weighted by molar-refractivity contribution is -0.124. The number of nitrogens with two attached hydrogens (primary N) is 1. The van der Waals surface area contributed by atoms with Gasteiger partial charge in [0.1, 0.15) is 5.82 Å². The molecule has 0 aliphatic carbocycles. The van der Waals surface area contributed by atoms with Gasteiger partial charge in [0.15, 0.2) is 6.10 Å². The van der Waals surface area contributed by atoms with Gasteiger partial charge in [-0.2, -0.15) is 0 Å². The Morgan fingerprint density at radius 1 is 1.00 bits per heavy atom. The van der Waals surface area contributed by atoms with Gasteiger partial charge in [-0.25, -0.2) is 14.0 Å². The van der Waals surface area contributed by atoms with Crippen molar-refractivity contribution in [3.05, 3.63) is 59.9 Å². The Morgan fingerprint density at radius 3 is 2.08 bits per heavy atom. The molecule has 136 valence electrons. The monoisotopic (exact) mass is 359 g/mol. The Labute approximate surface area is 149 Å². The first-order valence-corrected chi connectivity index (χ1v) is 7.83. The molecule has 1 atom stereocenters. The molecular formula is C18H18FN3O4. The summed E-state index contributed by atoms with van der Waals surface area (Å²) in [6, 6.07) is 10.4. The number of halogens is 1. The third-order valence-corrected chi connectivity index (χ3v) is 3.41. The van der Waals surface area contributed by atoms with Crippen molar-refractivity contribution in [2.24, 2.45) is 5.73 Å². The predicted octanol–water partition coefficient (Wildman–Crippen LogP) is 2.89. The second kappa shape index (κ2) is 8.61. The van der Waals surface area contributed by atoms with E-state index in [1.54, 1.807) is 6.92 Å². The zero-order valence-corrected chi connectivity index (χ0v) is 14.0. The van der Waals surface area contributed by atoms with Crippen LogP contribution in [0.2, 0.25) is 0 Å². The smallest absolute Gasteiger partial charge is 0.338 e. The highest BCUT2D eigenvalue weighted by Gasteiger charge is 2.22. The number of primary amides is 1. The number of anilines is 2. The maximum Gasteiger partial charge on any atom is 0.338 e. The maximum absolute atomic E-state index is 12.9. The van der Waals surface area contributed by atoms with Crippen molar-refractivity contribution in [3.8, 4) is 0 Å². The molecule has 3 amide bonds. The minimum atomic E-state index is -1.00. The molecule has 0 radical (unpaired) electrons. The Balaban J connectivity index is 1.99. The third kappa shape index (κ3) is 5.30. The van der Waals surface area contributed by atoms with E-state index >= 15 is 0 Å². The van der Waals surface area contributed by atoms with Gasteiger partial charge in [0.2, 0.25) is 0 Å². The number of hydrogen-bond acceptors (Lipinski definition) is 4. The average Bonchev–Trinajstić information content (AvgIpc) is 2.61. The van der Waals surface area contributed by atoms with E-state index in [1.165, 1.54) is 48.5 Å². The Morgan fingerprint density at radius 2 is 1.54 bits per heavy atom. The van der Waals surface area contributed by atoms with Crippen LogP contribution in [0.5, 0.6) is 0 Å². The molecule has 2 aromatic carbocycles. The summed E-state index contributed by atoms with van der Waals surface area (Å²) >= 11 is 0. The van der Waals surface area contributed by atoms with Crippen LogP contribution < -0.4 is 16.4 Å². The van der Waals surface area contributed by atoms with Gasteiger partial charge in [0.25, 0.3) is 5.91 Å². The van der Waals surface area contributed by atoms with Crippen molar-refractivity contribution >= 4 is 29.3 Å². The Bertz CT molecular complexity index is 791. The number of carbonyl (C=O) groups excluding carboxylic acids is 3. The Kier molecular flexibility index (Phi) is 6.26. The van der Waals surface area contributed by atoms with Crippen LogP contribution in [-0.2, 0) is 9.53 Å². The van der Waals surface area contributed by atoms with Crippen molar-refractivity contribution in [3.63, 3.8) is 0 Å². The van der Waals surface area contributed by atoms with Gasteiger partial charge in [0, 0.05) is 11.4 Å². The van der Waals surface area contributed by atoms with Crippen LogP contribution in [0.3, 0.4) is 0 Å². The fourth-order valence-corrected chi connectivity index (χ4v) is 2.11. The summed E-state index contributed by atoms with van der Waals surface area (Å²) in [4.78, 5) is 35.2. The van der Waals surface area contributed by atoms with Crippen molar-refractivity contribution in [1.82, 2.24) is 0 Å². The standard InChI is InChI=1S/C18H18FN3O4/c1-2-15(16(23)21-13-9-5-12(19)6-10-13)26-17(24)11-3-7-14(8-4-11)22-18(20)25/h3-10,15H,2H2,1H3,(H,21,23)(H3,20,22,25)/t15-/m1/s1. The molecule has 2 aromatic rings. The lowest BCUT2D eigenvalue weighted by atomic mass is 10.2. The highest BCUT2D eigenvalue weighted by atomic mass is 19.1. The zero-order chi connectivity index (χ0) is 19.1. The molecule has 2 rings (SSSR count). The molecule has 8 heteroatoms. The predicted molar refractivity (Wildman–Crippen MR) is 94.2 cm³/mol. The first-order chi connectivity index (χ1) is 12.4. The van der Waals surface area contributed by atoms with Gasteiger partial charge in [-0.15, -0.1) is 0 Å². The molecule has 0 aliphatic rings. The van der Waals surface area contributed by atoms with Gasteiger partial charge in [-0.3, -0.25) is 4.79 Å². The second-order valence-electron chi connectivity index (χ2n) is 5.36. The lowest BCUT2D eigenvalue weighted by Gasteiger charge is -2.16. The van der Waals surface area contributed by atoms with Gasteiger partial charge < -0.3 is 21.1 Å². The van der Waals surface area contributed by atoms with Crippen LogP contribution >= 0.6 is 0 Å². The highest BCUT2D eigenvalue weighted by molar-refractivity contribution is 5.97. The Hall–Kier alpha value is -3.42. The number of ether oxygens (including phenoxy) is 1. The van der Waals surface area contributed by atoms with Crippen LogP contribution in [0, 0.1) is 5.82 Å². The summed E-state index contributed by atoms with van der Waals surface area (Å²) in [6.45, 7) is 1.70. The molecule has 0 heterocycles. The van der Waals surface area contributed by atoms with Crippen LogP contribution in [0.1, 0.15) is 23.7 Å². The molecule has 4 N–H and O–H groups in total. The van der Waals surface area contributed by atoms with Crippen LogP contribution in [0.15, 0.2) is 48.5 Å². The highest BCUT2D eigenvalue weighted by Crippen LogP contribution is 2.14. The van der Waals surface area contributed by atoms with E-state index in [1.807, 2.05) is 0 Å². The molecule has 0 fully saturated rings. The van der Waals surface area contributed by atoms with Crippen LogP contribution in [0.25, 0.3) is 0 Å². The van der Waals surface area contributed by atoms with E-state index in [2.05, 4.69) is 10.6 Å². The normalized spacial score (nSPS) is 11.3. The number of benzene rings is 2. The fourth-order valence-electron chi connectivity index (χ4n) is 2.11. The molecule has 7 nitrogen and oxygen atoms in total. The number of amides is 3. The van der Waals surface area contributed by atoms with Crippen LogP contribution in [0.4, 0.5) is 20.6 Å². The molecule has 0 aliphatic heterocycles. The quantitative estimate of drug-likeness (QED) is 0.689. The summed E-state index contributed by atoms with van der Waals surface area (Å²) in [5.74, 6) is -1.62. The van der Waals surface area contributed by atoms with Gasteiger partial charge in [0.05, 0.1) is 5.56 Å². The van der Waals surface area contributed by atoms with Crippen molar-refractivity contribution in [2.45, 2.75) is 19.4 Å². The van der Waals surface area contributed by atoms with E-state index in [-0.39, 0.29) is 12.0 Å². The zero-order valence-electron chi connectivity index (χ0n) is 14.0. The number of carbonyl (C=O) groups is 3. The van der Waals surface area contributed by atoms with E-state index < -0.39 is 29.8 Å². The fraction of sp³-hybridized carbons (Fsp3) is 0.167. The topological polar surface area (TPSA) is 111 Å². The SMILES string of the molecule is CC[C@@H](OC(=O)c1ccc(NC(N)=O)cc1)C(=O)Nc1ccc(F)cc1. The van der Waals surface area contributed by atoms with E-state index in [9.17, 15) is 18.8 Å². The first-order valence-electron chi connectivity index (χ1n) is 7.83. The number of nitrogens with one attached hydrogen (secondary N) is 2. The summed E-state index contributed by atoms with van der Waals surface area (Å²) in [6.07, 6.45) is -0.740. The maximum atomic E-state index is 12.9. The van der Waals surface area contributed by atoms with Crippen LogP contribution in [-0.4, -0.2) is 24.0 Å². The minimum absolute atomic E-state index is 0.216. The molecule has 0 saturated heterocycles. The van der Waals surface area contributed by atoms with E-state index in [0.717, 1.165) is 0 Å². The molecule has 0 aromatic heterocycles. The van der Waals surface area contributed by atoms with E-state index in [4.69, 9.17) is 10.5 Å². The largest absolute Gasteiger partial charge is 0.449 e.